The largest absolute Gasteiger partial charge is 0.381 e. The van der Waals surface area contributed by atoms with Crippen LogP contribution in [0.15, 0.2) is 30.3 Å². The predicted octanol–water partition coefficient (Wildman–Crippen LogP) is 4.02. The highest BCUT2D eigenvalue weighted by Gasteiger charge is 2.41. The summed E-state index contributed by atoms with van der Waals surface area (Å²) >= 11 is 0. The summed E-state index contributed by atoms with van der Waals surface area (Å²) in [7, 11) is 0. The zero-order chi connectivity index (χ0) is 18.6. The SMILES string of the molecule is Cl.NC1C2CCCC1CC(C(=O)N(Cc1ccccc1)CC1CCOCC1)C2. The van der Waals surface area contributed by atoms with Crippen molar-refractivity contribution in [3.05, 3.63) is 35.9 Å². The summed E-state index contributed by atoms with van der Waals surface area (Å²) in [5, 5.41) is 0. The van der Waals surface area contributed by atoms with Gasteiger partial charge in [0.25, 0.3) is 0 Å². The molecule has 0 radical (unpaired) electrons. The number of nitrogens with two attached hydrogens (primary N) is 1. The summed E-state index contributed by atoms with van der Waals surface area (Å²) < 4.78 is 5.52. The first-order valence-corrected chi connectivity index (χ1v) is 10.9. The summed E-state index contributed by atoms with van der Waals surface area (Å²) in [6, 6.07) is 10.8. The highest BCUT2D eigenvalue weighted by atomic mass is 35.5. The average Bonchev–Trinajstić information content (AvgIpc) is 2.68. The Morgan fingerprint density at radius 3 is 2.32 bits per heavy atom. The molecule has 1 amide bonds. The summed E-state index contributed by atoms with van der Waals surface area (Å²) in [5.74, 6) is 2.20. The van der Waals surface area contributed by atoms with Gasteiger partial charge in [0.15, 0.2) is 0 Å². The molecule has 1 saturated heterocycles. The van der Waals surface area contributed by atoms with Crippen molar-refractivity contribution in [3.63, 3.8) is 0 Å². The molecule has 2 unspecified atom stereocenters. The normalized spacial score (nSPS) is 30.3. The lowest BCUT2D eigenvalue weighted by atomic mass is 9.65. The summed E-state index contributed by atoms with van der Waals surface area (Å²) in [4.78, 5) is 15.7. The van der Waals surface area contributed by atoms with Crippen LogP contribution in [-0.4, -0.2) is 36.6 Å². The maximum atomic E-state index is 13.6. The van der Waals surface area contributed by atoms with Gasteiger partial charge in [-0.1, -0.05) is 36.8 Å². The maximum absolute atomic E-state index is 13.6. The Hall–Kier alpha value is -1.10. The molecule has 2 saturated carbocycles. The third-order valence-electron chi connectivity index (χ3n) is 7.11. The van der Waals surface area contributed by atoms with E-state index in [1.165, 1.54) is 24.8 Å². The number of nitrogens with zero attached hydrogens (tertiary/aromatic N) is 1. The molecule has 3 aliphatic rings. The van der Waals surface area contributed by atoms with E-state index in [0.29, 0.717) is 29.7 Å². The summed E-state index contributed by atoms with van der Waals surface area (Å²) in [6.07, 6.45) is 7.84. The van der Waals surface area contributed by atoms with E-state index in [-0.39, 0.29) is 18.3 Å². The molecule has 2 N–H and O–H groups in total. The number of rotatable bonds is 5. The van der Waals surface area contributed by atoms with Crippen LogP contribution in [0.25, 0.3) is 0 Å². The minimum absolute atomic E-state index is 0. The number of fused-ring (bicyclic) bond motifs is 2. The van der Waals surface area contributed by atoms with Gasteiger partial charge in [-0.2, -0.15) is 0 Å². The summed E-state index contributed by atoms with van der Waals surface area (Å²) in [6.45, 7) is 3.27. The number of hydrogen-bond acceptors (Lipinski definition) is 3. The van der Waals surface area contributed by atoms with Crippen molar-refractivity contribution in [1.82, 2.24) is 4.90 Å². The highest BCUT2D eigenvalue weighted by Crippen LogP contribution is 2.42. The second-order valence-corrected chi connectivity index (χ2v) is 8.96. The fourth-order valence-electron chi connectivity index (χ4n) is 5.53. The number of hydrogen-bond donors (Lipinski definition) is 1. The lowest BCUT2D eigenvalue weighted by molar-refractivity contribution is -0.140. The first-order valence-electron chi connectivity index (χ1n) is 10.9. The first kappa shape index (κ1) is 21.6. The zero-order valence-electron chi connectivity index (χ0n) is 16.8. The molecule has 28 heavy (non-hydrogen) atoms. The number of amides is 1. The molecule has 1 aromatic carbocycles. The number of ether oxygens (including phenoxy) is 1. The molecule has 0 aromatic heterocycles. The molecule has 1 heterocycles. The number of carbonyl (C=O) groups is 1. The zero-order valence-corrected chi connectivity index (χ0v) is 17.6. The minimum Gasteiger partial charge on any atom is -0.381 e. The Morgan fingerprint density at radius 2 is 1.68 bits per heavy atom. The van der Waals surface area contributed by atoms with Gasteiger partial charge in [-0.05, 0) is 61.8 Å². The standard InChI is InChI=1S/C23H34N2O2.ClH/c24-22-19-7-4-8-20(22)14-21(13-19)23(26)25(15-17-5-2-1-3-6-17)16-18-9-11-27-12-10-18;/h1-3,5-6,18-22H,4,7-16,24H2;1H. The van der Waals surface area contributed by atoms with Crippen molar-refractivity contribution in [1.29, 1.82) is 0 Å². The minimum atomic E-state index is 0. The van der Waals surface area contributed by atoms with E-state index in [2.05, 4.69) is 29.2 Å². The lowest BCUT2D eigenvalue weighted by Crippen LogP contribution is -2.50. The third kappa shape index (κ3) is 5.08. The average molecular weight is 407 g/mol. The van der Waals surface area contributed by atoms with Gasteiger partial charge in [0.1, 0.15) is 0 Å². The fraction of sp³-hybridized carbons (Fsp3) is 0.696. The van der Waals surface area contributed by atoms with Crippen molar-refractivity contribution in [2.45, 2.75) is 57.5 Å². The van der Waals surface area contributed by atoms with E-state index in [0.717, 1.165) is 52.0 Å². The van der Waals surface area contributed by atoms with Gasteiger partial charge in [-0.3, -0.25) is 4.79 Å². The molecule has 5 heteroatoms. The van der Waals surface area contributed by atoms with Gasteiger partial charge in [0.2, 0.25) is 5.91 Å². The smallest absolute Gasteiger partial charge is 0.226 e. The van der Waals surface area contributed by atoms with E-state index < -0.39 is 0 Å². The Labute approximate surface area is 175 Å². The number of carbonyl (C=O) groups excluding carboxylic acids is 1. The Bertz CT molecular complexity index is 606. The van der Waals surface area contributed by atoms with Crippen LogP contribution in [0.5, 0.6) is 0 Å². The van der Waals surface area contributed by atoms with E-state index >= 15 is 0 Å². The second-order valence-electron chi connectivity index (χ2n) is 8.96. The maximum Gasteiger partial charge on any atom is 0.226 e. The Kier molecular flexibility index (Phi) is 7.78. The van der Waals surface area contributed by atoms with E-state index in [4.69, 9.17) is 10.5 Å². The van der Waals surface area contributed by atoms with Crippen molar-refractivity contribution in [2.24, 2.45) is 29.4 Å². The van der Waals surface area contributed by atoms with Crippen LogP contribution < -0.4 is 5.73 Å². The molecule has 0 spiro atoms. The van der Waals surface area contributed by atoms with Gasteiger partial charge < -0.3 is 15.4 Å². The molecule has 2 bridgehead atoms. The predicted molar refractivity (Wildman–Crippen MR) is 114 cm³/mol. The number of halogens is 1. The second kappa shape index (κ2) is 10.1. The van der Waals surface area contributed by atoms with E-state index in [1.807, 2.05) is 6.07 Å². The van der Waals surface area contributed by atoms with Crippen molar-refractivity contribution in [3.8, 4) is 0 Å². The van der Waals surface area contributed by atoms with Crippen molar-refractivity contribution >= 4 is 18.3 Å². The molecule has 4 nitrogen and oxygen atoms in total. The highest BCUT2D eigenvalue weighted by molar-refractivity contribution is 5.85. The van der Waals surface area contributed by atoms with Crippen molar-refractivity contribution in [2.75, 3.05) is 19.8 Å². The van der Waals surface area contributed by atoms with Gasteiger partial charge in [0.05, 0.1) is 0 Å². The van der Waals surface area contributed by atoms with Crippen LogP contribution in [0.1, 0.15) is 50.5 Å². The van der Waals surface area contributed by atoms with E-state index in [1.54, 1.807) is 0 Å². The molecule has 2 aliphatic carbocycles. The van der Waals surface area contributed by atoms with Crippen molar-refractivity contribution < 1.29 is 9.53 Å². The van der Waals surface area contributed by atoms with Gasteiger partial charge in [-0.15, -0.1) is 12.4 Å². The van der Waals surface area contributed by atoms with E-state index in [9.17, 15) is 4.79 Å². The fourth-order valence-corrected chi connectivity index (χ4v) is 5.53. The van der Waals surface area contributed by atoms with Crippen LogP contribution in [0.2, 0.25) is 0 Å². The molecule has 3 fully saturated rings. The lowest BCUT2D eigenvalue weighted by Gasteiger charge is -2.45. The molecule has 2 atom stereocenters. The molecule has 1 aliphatic heterocycles. The van der Waals surface area contributed by atoms with Crippen LogP contribution >= 0.6 is 12.4 Å². The monoisotopic (exact) mass is 406 g/mol. The van der Waals surface area contributed by atoms with Gasteiger partial charge in [-0.25, -0.2) is 0 Å². The first-order chi connectivity index (χ1) is 13.2. The molecular weight excluding hydrogens is 372 g/mol. The van der Waals surface area contributed by atoms with Crippen LogP contribution in [0.3, 0.4) is 0 Å². The summed E-state index contributed by atoms with van der Waals surface area (Å²) in [5.41, 5.74) is 7.68. The molecular formula is C23H35ClN2O2. The number of benzene rings is 1. The van der Waals surface area contributed by atoms with Crippen LogP contribution in [0, 0.1) is 23.7 Å². The van der Waals surface area contributed by atoms with Crippen LogP contribution in [0.4, 0.5) is 0 Å². The molecule has 4 rings (SSSR count). The van der Waals surface area contributed by atoms with Crippen LogP contribution in [-0.2, 0) is 16.1 Å². The molecule has 1 aromatic rings. The Balaban J connectivity index is 0.00000225. The molecule has 156 valence electrons. The topological polar surface area (TPSA) is 55.6 Å². The Morgan fingerprint density at radius 1 is 1.04 bits per heavy atom. The van der Waals surface area contributed by atoms with Gasteiger partial charge in [0, 0.05) is 38.3 Å². The quantitative estimate of drug-likeness (QED) is 0.803. The third-order valence-corrected chi connectivity index (χ3v) is 7.11. The van der Waals surface area contributed by atoms with Gasteiger partial charge >= 0.3 is 0 Å².